The summed E-state index contributed by atoms with van der Waals surface area (Å²) in [5.41, 5.74) is 13.4. The van der Waals surface area contributed by atoms with Crippen LogP contribution in [0.1, 0.15) is 34.5 Å². The molecule has 0 radical (unpaired) electrons. The van der Waals surface area contributed by atoms with E-state index in [1.54, 1.807) is 24.4 Å². The normalized spacial score (nSPS) is 16.9. The van der Waals surface area contributed by atoms with Crippen molar-refractivity contribution in [3.05, 3.63) is 88.5 Å². The topological polar surface area (TPSA) is 108 Å². The molecule has 0 saturated heterocycles. The molecule has 0 fully saturated rings. The highest BCUT2D eigenvalue weighted by atomic mass is 35.5. The maximum absolute atomic E-state index is 14.9. The van der Waals surface area contributed by atoms with E-state index >= 15 is 0 Å². The van der Waals surface area contributed by atoms with Crippen LogP contribution in [-0.4, -0.2) is 40.7 Å². The average molecular weight is 536 g/mol. The predicted octanol–water partition coefficient (Wildman–Crippen LogP) is 4.64. The van der Waals surface area contributed by atoms with Crippen molar-refractivity contribution >= 4 is 34.1 Å². The standard InChI is InChI=1S/C28H27ClFN5O3/c1-16-20(12-19-11-17-3-2-8-31-26(17)14-23(19)30)15-32-34-25-7-6-24(33-27(16)25)18-4-5-21(22(29)13-18)28(37)35-38-10-9-36/h2-8,11,13-14,16,20,32,34,36H,9-10,12,15H2,1H3,(H,35,37). The molecule has 2 aromatic heterocycles. The van der Waals surface area contributed by atoms with Gasteiger partial charge in [-0.15, -0.1) is 0 Å². The van der Waals surface area contributed by atoms with Gasteiger partial charge in [-0.1, -0.05) is 30.7 Å². The maximum atomic E-state index is 14.9. The lowest BCUT2D eigenvalue weighted by atomic mass is 9.85. The van der Waals surface area contributed by atoms with Crippen LogP contribution < -0.4 is 16.3 Å². The second kappa shape index (κ2) is 11.4. The highest BCUT2D eigenvalue weighted by Gasteiger charge is 2.27. The van der Waals surface area contributed by atoms with Gasteiger partial charge < -0.3 is 10.5 Å². The first-order valence-electron chi connectivity index (χ1n) is 12.3. The number of amides is 1. The number of hydrazine groups is 1. The van der Waals surface area contributed by atoms with Crippen molar-refractivity contribution in [1.29, 1.82) is 0 Å². The van der Waals surface area contributed by atoms with Gasteiger partial charge in [-0.05, 0) is 54.3 Å². The van der Waals surface area contributed by atoms with E-state index in [-0.39, 0.29) is 41.5 Å². The molecule has 1 amide bonds. The Morgan fingerprint density at radius 3 is 2.92 bits per heavy atom. The second-order valence-electron chi connectivity index (χ2n) is 9.23. The number of hydrogen-bond acceptors (Lipinski definition) is 7. The Hall–Kier alpha value is -3.63. The van der Waals surface area contributed by atoms with E-state index in [0.29, 0.717) is 29.7 Å². The zero-order valence-electron chi connectivity index (χ0n) is 20.7. The molecule has 4 aromatic rings. The van der Waals surface area contributed by atoms with Crippen LogP contribution in [0.5, 0.6) is 0 Å². The molecular formula is C28H27ClFN5O3. The number of carbonyl (C=O) groups excluding carboxylic acids is 1. The Balaban J connectivity index is 1.39. The SMILES string of the molecule is CC1c2nc(-c3ccc(C(=O)NOCCO)c(Cl)c3)ccc2NNCC1Cc1cc2cccnc2cc1F. The van der Waals surface area contributed by atoms with Gasteiger partial charge in [0.1, 0.15) is 5.82 Å². The summed E-state index contributed by atoms with van der Waals surface area (Å²) < 4.78 is 14.9. The van der Waals surface area contributed by atoms with Gasteiger partial charge in [0.2, 0.25) is 0 Å². The van der Waals surface area contributed by atoms with Crippen molar-refractivity contribution in [2.45, 2.75) is 19.3 Å². The fourth-order valence-electron chi connectivity index (χ4n) is 4.67. The van der Waals surface area contributed by atoms with Gasteiger partial charge in [-0.2, -0.15) is 0 Å². The Morgan fingerprint density at radius 1 is 1.24 bits per heavy atom. The summed E-state index contributed by atoms with van der Waals surface area (Å²) in [7, 11) is 0. The van der Waals surface area contributed by atoms with Crippen LogP contribution in [-0.2, 0) is 11.3 Å². The van der Waals surface area contributed by atoms with Crippen LogP contribution in [0.15, 0.2) is 60.8 Å². The Labute approximate surface area is 224 Å². The largest absolute Gasteiger partial charge is 0.394 e. The highest BCUT2D eigenvalue weighted by molar-refractivity contribution is 6.34. The third kappa shape index (κ3) is 5.46. The van der Waals surface area contributed by atoms with Gasteiger partial charge in [0.25, 0.3) is 5.91 Å². The molecule has 4 N–H and O–H groups in total. The number of halogens is 2. The predicted molar refractivity (Wildman–Crippen MR) is 144 cm³/mol. The number of aromatic nitrogens is 2. The molecule has 3 heterocycles. The lowest BCUT2D eigenvalue weighted by Gasteiger charge is -2.22. The first-order valence-corrected chi connectivity index (χ1v) is 12.7. The molecule has 2 atom stereocenters. The smallest absolute Gasteiger partial charge is 0.276 e. The zero-order chi connectivity index (χ0) is 26.6. The summed E-state index contributed by atoms with van der Waals surface area (Å²) in [4.78, 5) is 26.3. The van der Waals surface area contributed by atoms with Crippen molar-refractivity contribution in [2.24, 2.45) is 5.92 Å². The molecule has 1 aliphatic rings. The minimum absolute atomic E-state index is 0.0145. The van der Waals surface area contributed by atoms with E-state index < -0.39 is 5.91 Å². The maximum Gasteiger partial charge on any atom is 0.276 e. The van der Waals surface area contributed by atoms with E-state index in [1.807, 2.05) is 30.3 Å². The lowest BCUT2D eigenvalue weighted by Crippen LogP contribution is -2.28. The number of aliphatic hydroxyl groups excluding tert-OH is 1. The van der Waals surface area contributed by atoms with Crippen LogP contribution in [0.4, 0.5) is 10.1 Å². The quantitative estimate of drug-likeness (QED) is 0.202. The van der Waals surface area contributed by atoms with E-state index in [4.69, 9.17) is 26.5 Å². The average Bonchev–Trinajstić information content (AvgIpc) is 3.07. The van der Waals surface area contributed by atoms with Gasteiger partial charge in [0.05, 0.1) is 46.4 Å². The lowest BCUT2D eigenvalue weighted by molar-refractivity contribution is 0.0168. The minimum atomic E-state index is -0.506. The van der Waals surface area contributed by atoms with Crippen molar-refractivity contribution in [2.75, 3.05) is 25.2 Å². The molecule has 8 nitrogen and oxygen atoms in total. The number of benzene rings is 2. The molecule has 10 heteroatoms. The Morgan fingerprint density at radius 2 is 2.11 bits per heavy atom. The highest BCUT2D eigenvalue weighted by Crippen LogP contribution is 2.35. The van der Waals surface area contributed by atoms with Crippen LogP contribution in [0, 0.1) is 11.7 Å². The molecule has 0 bridgehead atoms. The molecule has 0 saturated carbocycles. The van der Waals surface area contributed by atoms with Gasteiger partial charge >= 0.3 is 0 Å². The summed E-state index contributed by atoms with van der Waals surface area (Å²) in [6, 6.07) is 16.0. The molecule has 196 valence electrons. The van der Waals surface area contributed by atoms with E-state index in [2.05, 4.69) is 28.2 Å². The van der Waals surface area contributed by atoms with Gasteiger partial charge in [-0.3, -0.25) is 19.6 Å². The summed E-state index contributed by atoms with van der Waals surface area (Å²) >= 11 is 6.40. The summed E-state index contributed by atoms with van der Waals surface area (Å²) in [5.74, 6) is -0.680. The van der Waals surface area contributed by atoms with Crippen LogP contribution >= 0.6 is 11.6 Å². The molecule has 0 spiro atoms. The summed E-state index contributed by atoms with van der Waals surface area (Å²) in [5, 5.41) is 9.95. The van der Waals surface area contributed by atoms with Gasteiger partial charge in [-0.25, -0.2) is 15.3 Å². The third-order valence-electron chi connectivity index (χ3n) is 6.77. The third-order valence-corrected chi connectivity index (χ3v) is 7.08. The molecular weight excluding hydrogens is 509 g/mol. The number of nitrogens with one attached hydrogen (secondary N) is 3. The van der Waals surface area contributed by atoms with Crippen molar-refractivity contribution in [3.63, 3.8) is 0 Å². The van der Waals surface area contributed by atoms with E-state index in [0.717, 1.165) is 22.3 Å². The number of hydroxylamine groups is 1. The number of fused-ring (bicyclic) bond motifs is 2. The molecule has 2 aromatic carbocycles. The number of carbonyl (C=O) groups is 1. The Bertz CT molecular complexity index is 1480. The van der Waals surface area contributed by atoms with Crippen LogP contribution in [0.3, 0.4) is 0 Å². The molecule has 2 unspecified atom stereocenters. The first kappa shape index (κ1) is 26.0. The van der Waals surface area contributed by atoms with Crippen LogP contribution in [0.2, 0.25) is 5.02 Å². The summed E-state index contributed by atoms with van der Waals surface area (Å²) in [6.45, 7) is 2.50. The monoisotopic (exact) mass is 535 g/mol. The number of aliphatic hydroxyl groups is 1. The van der Waals surface area contributed by atoms with Crippen molar-refractivity contribution in [3.8, 4) is 11.3 Å². The number of hydrogen-bond donors (Lipinski definition) is 4. The molecule has 5 rings (SSSR count). The minimum Gasteiger partial charge on any atom is -0.394 e. The first-order chi connectivity index (χ1) is 18.4. The summed E-state index contributed by atoms with van der Waals surface area (Å²) in [6.07, 6.45) is 2.19. The molecule has 0 aliphatic carbocycles. The van der Waals surface area contributed by atoms with E-state index in [9.17, 15) is 9.18 Å². The van der Waals surface area contributed by atoms with Crippen molar-refractivity contribution < 1.29 is 19.1 Å². The van der Waals surface area contributed by atoms with Crippen molar-refractivity contribution in [1.82, 2.24) is 20.9 Å². The molecule has 1 aliphatic heterocycles. The number of rotatable bonds is 7. The zero-order valence-corrected chi connectivity index (χ0v) is 21.4. The van der Waals surface area contributed by atoms with E-state index in [1.165, 1.54) is 6.07 Å². The number of nitrogens with zero attached hydrogens (tertiary/aromatic N) is 2. The fraction of sp³-hybridized carbons (Fsp3) is 0.250. The second-order valence-corrected chi connectivity index (χ2v) is 9.63. The number of anilines is 1. The Kier molecular flexibility index (Phi) is 7.80. The van der Waals surface area contributed by atoms with Gasteiger partial charge in [0, 0.05) is 35.7 Å². The molecule has 38 heavy (non-hydrogen) atoms. The van der Waals surface area contributed by atoms with Crippen LogP contribution in [0.25, 0.3) is 22.2 Å². The number of pyridine rings is 2. The fourth-order valence-corrected chi connectivity index (χ4v) is 4.94. The van der Waals surface area contributed by atoms with Gasteiger partial charge in [0.15, 0.2) is 0 Å².